The Bertz CT molecular complexity index is 451. The number of rotatable bonds is 2. The number of amides is 1. The van der Waals surface area contributed by atoms with Gasteiger partial charge in [-0.05, 0) is 17.7 Å². The zero-order chi connectivity index (χ0) is 11.5. The number of aliphatic hydroxyl groups excluding tert-OH is 1. The third-order valence-electron chi connectivity index (χ3n) is 2.63. The van der Waals surface area contributed by atoms with Gasteiger partial charge in [0.2, 0.25) is 5.91 Å². The molecule has 1 aromatic rings. The Morgan fingerprint density at radius 3 is 3.12 bits per heavy atom. The summed E-state index contributed by atoms with van der Waals surface area (Å²) in [5, 5.41) is 9.01. The van der Waals surface area contributed by atoms with Gasteiger partial charge in [-0.15, -0.1) is 12.3 Å². The molecular formula is C12H12N2O2. The molecule has 0 radical (unpaired) electrons. The van der Waals surface area contributed by atoms with E-state index in [1.54, 1.807) is 23.2 Å². The van der Waals surface area contributed by atoms with Crippen molar-refractivity contribution in [1.82, 2.24) is 4.98 Å². The van der Waals surface area contributed by atoms with Crippen molar-refractivity contribution in [3.8, 4) is 12.3 Å². The van der Waals surface area contributed by atoms with Crippen molar-refractivity contribution >= 4 is 11.7 Å². The summed E-state index contributed by atoms with van der Waals surface area (Å²) < 4.78 is 0. The number of aliphatic hydroxyl groups is 1. The third-order valence-corrected chi connectivity index (χ3v) is 2.63. The van der Waals surface area contributed by atoms with Crippen LogP contribution in [0.2, 0.25) is 0 Å². The van der Waals surface area contributed by atoms with E-state index in [2.05, 4.69) is 10.9 Å². The van der Waals surface area contributed by atoms with Gasteiger partial charge in [-0.3, -0.25) is 9.69 Å². The number of anilines is 1. The summed E-state index contributed by atoms with van der Waals surface area (Å²) in [7, 11) is 0. The number of pyridine rings is 1. The second kappa shape index (κ2) is 4.33. The second-order valence-corrected chi connectivity index (χ2v) is 3.75. The number of carbonyl (C=O) groups is 1. The van der Waals surface area contributed by atoms with E-state index in [1.165, 1.54) is 0 Å². The molecule has 4 nitrogen and oxygen atoms in total. The van der Waals surface area contributed by atoms with Crippen LogP contribution in [0.25, 0.3) is 0 Å². The van der Waals surface area contributed by atoms with Crippen LogP contribution in [0.1, 0.15) is 12.0 Å². The summed E-state index contributed by atoms with van der Waals surface area (Å²) in [4.78, 5) is 17.4. The van der Waals surface area contributed by atoms with Gasteiger partial charge in [-0.25, -0.2) is 4.98 Å². The lowest BCUT2D eigenvalue weighted by Crippen LogP contribution is -2.25. The molecule has 0 aromatic carbocycles. The Labute approximate surface area is 93.9 Å². The maximum atomic E-state index is 11.7. The van der Waals surface area contributed by atoms with Crippen molar-refractivity contribution in [2.24, 2.45) is 5.92 Å². The number of hydrogen-bond acceptors (Lipinski definition) is 3. The predicted molar refractivity (Wildman–Crippen MR) is 59.5 cm³/mol. The topological polar surface area (TPSA) is 53.4 Å². The summed E-state index contributed by atoms with van der Waals surface area (Å²) in [6, 6.07) is 3.42. The molecule has 16 heavy (non-hydrogen) atoms. The van der Waals surface area contributed by atoms with Crippen LogP contribution in [-0.4, -0.2) is 22.5 Å². The number of hydrogen-bond donors (Lipinski definition) is 1. The monoisotopic (exact) mass is 216 g/mol. The molecule has 0 saturated carbocycles. The van der Waals surface area contributed by atoms with E-state index in [0.717, 1.165) is 5.56 Å². The lowest BCUT2D eigenvalue weighted by atomic mass is 10.1. The number of carbonyl (C=O) groups excluding carboxylic acids is 1. The number of terminal acetylenes is 1. The van der Waals surface area contributed by atoms with E-state index < -0.39 is 0 Å². The van der Waals surface area contributed by atoms with Crippen molar-refractivity contribution in [3.05, 3.63) is 23.9 Å². The first kappa shape index (κ1) is 10.7. The van der Waals surface area contributed by atoms with Crippen LogP contribution in [0, 0.1) is 18.3 Å². The minimum absolute atomic E-state index is 0.00876. The molecule has 0 bridgehead atoms. The Morgan fingerprint density at radius 1 is 1.69 bits per heavy atom. The first-order valence-electron chi connectivity index (χ1n) is 5.07. The van der Waals surface area contributed by atoms with E-state index in [9.17, 15) is 4.79 Å². The Kier molecular flexibility index (Phi) is 2.88. The molecule has 1 fully saturated rings. The van der Waals surface area contributed by atoms with E-state index in [-0.39, 0.29) is 18.4 Å². The van der Waals surface area contributed by atoms with Gasteiger partial charge >= 0.3 is 0 Å². The fourth-order valence-corrected chi connectivity index (χ4v) is 1.75. The standard InChI is InChI=1S/C12H12N2O2/c1-2-9-6-12(16)14(7-9)11-5-10(8-15)3-4-13-11/h1,3-5,9,15H,6-8H2. The van der Waals surface area contributed by atoms with Gasteiger partial charge in [0.25, 0.3) is 0 Å². The van der Waals surface area contributed by atoms with Crippen LogP contribution < -0.4 is 4.90 Å². The molecule has 0 aliphatic carbocycles. The number of aromatic nitrogens is 1. The SMILES string of the molecule is C#CC1CC(=O)N(c2cc(CO)ccn2)C1. The highest BCUT2D eigenvalue weighted by Gasteiger charge is 2.30. The van der Waals surface area contributed by atoms with Gasteiger partial charge in [0.05, 0.1) is 6.61 Å². The van der Waals surface area contributed by atoms with E-state index in [4.69, 9.17) is 11.5 Å². The maximum Gasteiger partial charge on any atom is 0.229 e. The van der Waals surface area contributed by atoms with Crippen molar-refractivity contribution in [1.29, 1.82) is 0 Å². The molecule has 2 rings (SSSR count). The van der Waals surface area contributed by atoms with Gasteiger partial charge in [0.1, 0.15) is 5.82 Å². The molecule has 1 saturated heterocycles. The summed E-state index contributed by atoms with van der Waals surface area (Å²) in [6.07, 6.45) is 7.26. The van der Waals surface area contributed by atoms with Crippen molar-refractivity contribution in [2.75, 3.05) is 11.4 Å². The fraction of sp³-hybridized carbons (Fsp3) is 0.333. The molecule has 82 valence electrons. The zero-order valence-electron chi connectivity index (χ0n) is 8.76. The molecule has 2 heterocycles. The van der Waals surface area contributed by atoms with Crippen LogP contribution in [-0.2, 0) is 11.4 Å². The fourth-order valence-electron chi connectivity index (χ4n) is 1.75. The molecule has 1 N–H and O–H groups in total. The van der Waals surface area contributed by atoms with Gasteiger partial charge in [-0.2, -0.15) is 0 Å². The Hall–Kier alpha value is -1.86. The molecule has 1 aliphatic rings. The molecule has 1 aromatic heterocycles. The normalized spacial score (nSPS) is 19.9. The summed E-state index contributed by atoms with van der Waals surface area (Å²) in [5.74, 6) is 3.10. The van der Waals surface area contributed by atoms with Gasteiger partial charge in [0, 0.05) is 25.1 Å². The molecule has 1 aliphatic heterocycles. The lowest BCUT2D eigenvalue weighted by molar-refractivity contribution is -0.117. The molecule has 1 unspecified atom stereocenters. The molecule has 1 atom stereocenters. The minimum Gasteiger partial charge on any atom is -0.392 e. The molecular weight excluding hydrogens is 204 g/mol. The van der Waals surface area contributed by atoms with E-state index in [0.29, 0.717) is 18.8 Å². The van der Waals surface area contributed by atoms with Crippen molar-refractivity contribution in [2.45, 2.75) is 13.0 Å². The summed E-state index contributed by atoms with van der Waals surface area (Å²) in [6.45, 7) is 0.452. The second-order valence-electron chi connectivity index (χ2n) is 3.75. The first-order chi connectivity index (χ1) is 7.74. The highest BCUT2D eigenvalue weighted by atomic mass is 16.3. The van der Waals surface area contributed by atoms with Crippen LogP contribution >= 0.6 is 0 Å². The quantitative estimate of drug-likeness (QED) is 0.735. The largest absolute Gasteiger partial charge is 0.392 e. The number of nitrogens with zero attached hydrogens (tertiary/aromatic N) is 2. The van der Waals surface area contributed by atoms with Crippen molar-refractivity contribution < 1.29 is 9.90 Å². The van der Waals surface area contributed by atoms with Gasteiger partial charge in [0.15, 0.2) is 0 Å². The highest BCUT2D eigenvalue weighted by molar-refractivity contribution is 5.95. The minimum atomic E-state index is -0.0594. The Balaban J connectivity index is 2.24. The third kappa shape index (κ3) is 1.90. The van der Waals surface area contributed by atoms with Gasteiger partial charge < -0.3 is 5.11 Å². The summed E-state index contributed by atoms with van der Waals surface area (Å²) in [5.41, 5.74) is 0.738. The average Bonchev–Trinajstić information content (AvgIpc) is 2.71. The smallest absolute Gasteiger partial charge is 0.229 e. The first-order valence-corrected chi connectivity index (χ1v) is 5.07. The lowest BCUT2D eigenvalue weighted by Gasteiger charge is -2.15. The maximum absolute atomic E-state index is 11.7. The van der Waals surface area contributed by atoms with Crippen LogP contribution in [0.4, 0.5) is 5.82 Å². The van der Waals surface area contributed by atoms with Crippen LogP contribution in [0.5, 0.6) is 0 Å². The van der Waals surface area contributed by atoms with E-state index >= 15 is 0 Å². The summed E-state index contributed by atoms with van der Waals surface area (Å²) >= 11 is 0. The van der Waals surface area contributed by atoms with Crippen molar-refractivity contribution in [3.63, 3.8) is 0 Å². The molecule has 0 spiro atoms. The average molecular weight is 216 g/mol. The van der Waals surface area contributed by atoms with Gasteiger partial charge in [-0.1, -0.05) is 0 Å². The van der Waals surface area contributed by atoms with Crippen LogP contribution in [0.15, 0.2) is 18.3 Å². The molecule has 4 heteroatoms. The zero-order valence-corrected chi connectivity index (χ0v) is 8.76. The molecule has 1 amide bonds. The Morgan fingerprint density at radius 2 is 2.50 bits per heavy atom. The van der Waals surface area contributed by atoms with E-state index in [1.807, 2.05) is 0 Å². The van der Waals surface area contributed by atoms with Crippen LogP contribution in [0.3, 0.4) is 0 Å². The predicted octanol–water partition coefficient (Wildman–Crippen LogP) is 0.560. The highest BCUT2D eigenvalue weighted by Crippen LogP contribution is 2.23.